The van der Waals surface area contributed by atoms with Gasteiger partial charge in [0.1, 0.15) is 12.4 Å². The molecule has 162 valence electrons. The molecule has 2 amide bonds. The zero-order valence-corrected chi connectivity index (χ0v) is 18.3. The smallest absolute Gasteiger partial charge is 0.262 e. The van der Waals surface area contributed by atoms with Crippen molar-refractivity contribution in [2.75, 3.05) is 13.6 Å². The minimum Gasteiger partial charge on any atom is -0.336 e. The van der Waals surface area contributed by atoms with Crippen molar-refractivity contribution in [1.29, 1.82) is 0 Å². The molecule has 0 spiro atoms. The number of benzene rings is 2. The lowest BCUT2D eigenvalue weighted by Crippen LogP contribution is -2.42. The van der Waals surface area contributed by atoms with E-state index in [1.165, 1.54) is 27.6 Å². The molecule has 0 bridgehead atoms. The fourth-order valence-corrected chi connectivity index (χ4v) is 4.10. The first-order valence-corrected chi connectivity index (χ1v) is 10.8. The number of likely N-dealkylation sites (N-methyl/N-ethyl adjacent to an activating group) is 1. The maximum atomic E-state index is 13.5. The molecule has 2 aromatic rings. The Morgan fingerprint density at radius 1 is 1.10 bits per heavy atom. The van der Waals surface area contributed by atoms with Crippen LogP contribution in [0.1, 0.15) is 54.0 Å². The minimum absolute atomic E-state index is 0.0171. The van der Waals surface area contributed by atoms with E-state index < -0.39 is 0 Å². The van der Waals surface area contributed by atoms with Crippen LogP contribution in [-0.2, 0) is 9.59 Å². The Morgan fingerprint density at radius 2 is 1.81 bits per heavy atom. The monoisotopic (exact) mass is 421 g/mol. The average molecular weight is 422 g/mol. The Bertz CT molecular complexity index is 1030. The number of rotatable bonds is 5. The molecular weight excluding hydrogens is 393 g/mol. The molecule has 1 fully saturated rings. The van der Waals surface area contributed by atoms with Crippen molar-refractivity contribution >= 4 is 17.5 Å². The Kier molecular flexibility index (Phi) is 5.90. The van der Waals surface area contributed by atoms with Crippen molar-refractivity contribution in [3.8, 4) is 0 Å². The second-order valence-corrected chi connectivity index (χ2v) is 8.68. The van der Waals surface area contributed by atoms with E-state index in [9.17, 15) is 14.0 Å². The summed E-state index contributed by atoms with van der Waals surface area (Å²) in [4.78, 5) is 27.2. The lowest BCUT2D eigenvalue weighted by atomic mass is 9.84. The van der Waals surface area contributed by atoms with Gasteiger partial charge in [-0.3, -0.25) is 9.59 Å². The highest BCUT2D eigenvalue weighted by Crippen LogP contribution is 2.34. The maximum Gasteiger partial charge on any atom is 0.262 e. The molecule has 0 aromatic heterocycles. The van der Waals surface area contributed by atoms with E-state index >= 15 is 0 Å². The van der Waals surface area contributed by atoms with Gasteiger partial charge in [0.15, 0.2) is 0 Å². The van der Waals surface area contributed by atoms with Crippen LogP contribution in [0.4, 0.5) is 4.39 Å². The Hall–Kier alpha value is -3.02. The lowest BCUT2D eigenvalue weighted by molar-refractivity contribution is -0.144. The van der Waals surface area contributed by atoms with Crippen LogP contribution in [0.25, 0.3) is 0 Å². The molecule has 0 N–H and O–H groups in total. The fraction of sp³-hybridized carbons (Fsp3) is 0.400. The first-order chi connectivity index (χ1) is 14.8. The first kappa shape index (κ1) is 21.2. The van der Waals surface area contributed by atoms with Gasteiger partial charge in [0.25, 0.3) is 5.91 Å². The largest absolute Gasteiger partial charge is 0.336 e. The predicted octanol–water partition coefficient (Wildman–Crippen LogP) is 4.38. The van der Waals surface area contributed by atoms with Crippen LogP contribution in [0.2, 0.25) is 0 Å². The molecule has 1 aliphatic carbocycles. The van der Waals surface area contributed by atoms with Crippen molar-refractivity contribution in [1.82, 2.24) is 9.91 Å². The number of carbonyl (C=O) groups excluding carboxylic acids is 2. The van der Waals surface area contributed by atoms with Gasteiger partial charge < -0.3 is 4.90 Å². The molecule has 2 aliphatic rings. The Morgan fingerprint density at radius 3 is 2.42 bits per heavy atom. The van der Waals surface area contributed by atoms with E-state index in [0.29, 0.717) is 6.42 Å². The summed E-state index contributed by atoms with van der Waals surface area (Å²) in [5, 5.41) is 6.14. The molecule has 5 nitrogen and oxygen atoms in total. The van der Waals surface area contributed by atoms with Crippen LogP contribution < -0.4 is 0 Å². The molecule has 0 radical (unpaired) electrons. The molecule has 1 atom stereocenters. The van der Waals surface area contributed by atoms with Gasteiger partial charge in [0.05, 0.1) is 11.8 Å². The molecule has 4 rings (SSSR count). The van der Waals surface area contributed by atoms with E-state index in [2.05, 4.69) is 31.1 Å². The van der Waals surface area contributed by atoms with Crippen LogP contribution >= 0.6 is 0 Å². The summed E-state index contributed by atoms with van der Waals surface area (Å²) in [7, 11) is 1.68. The summed E-state index contributed by atoms with van der Waals surface area (Å²) >= 11 is 0. The normalized spacial score (nSPS) is 18.5. The van der Waals surface area contributed by atoms with Crippen molar-refractivity contribution in [2.24, 2.45) is 11.0 Å². The summed E-state index contributed by atoms with van der Waals surface area (Å²) in [5.41, 5.74) is 4.98. The number of hydrazone groups is 1. The van der Waals surface area contributed by atoms with Crippen LogP contribution in [-0.4, -0.2) is 41.0 Å². The molecule has 6 heteroatoms. The molecule has 31 heavy (non-hydrogen) atoms. The van der Waals surface area contributed by atoms with Crippen LogP contribution in [0, 0.1) is 25.6 Å². The number of hydrogen-bond donors (Lipinski definition) is 0. The summed E-state index contributed by atoms with van der Waals surface area (Å²) in [6.45, 7) is 4.09. The lowest BCUT2D eigenvalue weighted by Gasteiger charge is -2.30. The quantitative estimate of drug-likeness (QED) is 0.720. The summed E-state index contributed by atoms with van der Waals surface area (Å²) in [5.74, 6) is -0.488. The number of carbonyl (C=O) groups is 2. The molecule has 1 heterocycles. The SMILES string of the molecule is Cc1ccc(C2=NN(C(=O)CN(C)C(=O)C3CCC3)[C@H](c3ccc(F)cc3)C2)cc1C. The van der Waals surface area contributed by atoms with Gasteiger partial charge in [-0.25, -0.2) is 9.40 Å². The second kappa shape index (κ2) is 8.61. The van der Waals surface area contributed by atoms with Crippen molar-refractivity contribution < 1.29 is 14.0 Å². The summed E-state index contributed by atoms with van der Waals surface area (Å²) in [6.07, 6.45) is 3.41. The Balaban J connectivity index is 1.59. The van der Waals surface area contributed by atoms with Gasteiger partial charge in [0.2, 0.25) is 5.91 Å². The number of amides is 2. The van der Waals surface area contributed by atoms with Crippen molar-refractivity contribution in [2.45, 2.75) is 45.6 Å². The van der Waals surface area contributed by atoms with Crippen LogP contribution in [0.15, 0.2) is 47.6 Å². The van der Waals surface area contributed by atoms with E-state index in [-0.39, 0.29) is 36.1 Å². The Labute approximate surface area is 182 Å². The molecule has 0 unspecified atom stereocenters. The number of hydrogen-bond acceptors (Lipinski definition) is 3. The van der Waals surface area contributed by atoms with E-state index in [4.69, 9.17) is 0 Å². The third kappa shape index (κ3) is 4.38. The molecule has 1 aliphatic heterocycles. The molecule has 1 saturated carbocycles. The summed E-state index contributed by atoms with van der Waals surface area (Å²) < 4.78 is 13.5. The second-order valence-electron chi connectivity index (χ2n) is 8.68. The zero-order valence-electron chi connectivity index (χ0n) is 18.3. The highest BCUT2D eigenvalue weighted by Gasteiger charge is 2.35. The molecule has 2 aromatic carbocycles. The zero-order chi connectivity index (χ0) is 22.1. The highest BCUT2D eigenvalue weighted by molar-refractivity contribution is 6.03. The topological polar surface area (TPSA) is 53.0 Å². The van der Waals surface area contributed by atoms with Crippen molar-refractivity contribution in [3.63, 3.8) is 0 Å². The fourth-order valence-electron chi connectivity index (χ4n) is 4.10. The van der Waals surface area contributed by atoms with Gasteiger partial charge in [-0.1, -0.05) is 30.7 Å². The number of halogens is 1. The third-order valence-corrected chi connectivity index (χ3v) is 6.46. The van der Waals surface area contributed by atoms with E-state index in [1.54, 1.807) is 19.2 Å². The third-order valence-electron chi connectivity index (χ3n) is 6.46. The average Bonchev–Trinajstić information content (AvgIpc) is 3.15. The van der Waals surface area contributed by atoms with Gasteiger partial charge in [-0.15, -0.1) is 0 Å². The van der Waals surface area contributed by atoms with Crippen LogP contribution in [0.3, 0.4) is 0 Å². The maximum absolute atomic E-state index is 13.5. The minimum atomic E-state index is -0.322. The van der Waals surface area contributed by atoms with Gasteiger partial charge in [-0.2, -0.15) is 5.10 Å². The van der Waals surface area contributed by atoms with E-state index in [1.807, 2.05) is 6.07 Å². The van der Waals surface area contributed by atoms with E-state index in [0.717, 1.165) is 41.7 Å². The molecule has 0 saturated heterocycles. The number of aryl methyl sites for hydroxylation is 2. The van der Waals surface area contributed by atoms with Gasteiger partial charge in [-0.05, 0) is 67.1 Å². The highest BCUT2D eigenvalue weighted by atomic mass is 19.1. The first-order valence-electron chi connectivity index (χ1n) is 10.8. The summed E-state index contributed by atoms with van der Waals surface area (Å²) in [6, 6.07) is 12.0. The standard InChI is InChI=1S/C25H28FN3O2/c1-16-7-8-20(13-17(16)2)22-14-23(18-9-11-21(26)12-10-18)29(27-22)24(30)15-28(3)25(31)19-5-4-6-19/h7-13,19,23H,4-6,14-15H2,1-3H3/t23-/m0/s1. The van der Waals surface area contributed by atoms with Crippen molar-refractivity contribution in [3.05, 3.63) is 70.5 Å². The van der Waals surface area contributed by atoms with Crippen LogP contribution in [0.5, 0.6) is 0 Å². The molecular formula is C25H28FN3O2. The van der Waals surface area contributed by atoms with Gasteiger partial charge >= 0.3 is 0 Å². The van der Waals surface area contributed by atoms with Gasteiger partial charge in [0, 0.05) is 19.4 Å². The predicted molar refractivity (Wildman–Crippen MR) is 118 cm³/mol. The number of nitrogens with zero attached hydrogens (tertiary/aromatic N) is 3.